The molecule has 1 aliphatic rings. The van der Waals surface area contributed by atoms with Crippen LogP contribution in [0.25, 0.3) is 27.8 Å². The average molecular weight is 447 g/mol. The second-order valence-electron chi connectivity index (χ2n) is 7.78. The van der Waals surface area contributed by atoms with E-state index in [1.807, 2.05) is 0 Å². The number of aromatic amines is 1. The largest absolute Gasteiger partial charge is 0.324 e. The summed E-state index contributed by atoms with van der Waals surface area (Å²) in [5.74, 6) is -2.13. The number of imidazole rings is 1. The monoisotopic (exact) mass is 447 g/mol. The Morgan fingerprint density at radius 2 is 2.06 bits per heavy atom. The van der Waals surface area contributed by atoms with Crippen LogP contribution in [0.5, 0.6) is 0 Å². The maximum Gasteiger partial charge on any atom is 0.267 e. The van der Waals surface area contributed by atoms with Crippen molar-refractivity contribution in [3.63, 3.8) is 0 Å². The fraction of sp³-hybridized carbons (Fsp3) is 0.300. The van der Waals surface area contributed by atoms with Gasteiger partial charge in [0.15, 0.2) is 11.5 Å². The van der Waals surface area contributed by atoms with Gasteiger partial charge in [-0.25, -0.2) is 22.5 Å². The minimum absolute atomic E-state index is 0.0515. The van der Waals surface area contributed by atoms with Gasteiger partial charge in [-0.1, -0.05) is 0 Å². The van der Waals surface area contributed by atoms with E-state index < -0.39 is 41.8 Å². The quantitative estimate of drug-likeness (QED) is 0.404. The van der Waals surface area contributed by atoms with Gasteiger partial charge in [-0.2, -0.15) is 5.10 Å². The molecule has 1 saturated carbocycles. The highest BCUT2D eigenvalue weighted by Crippen LogP contribution is 2.41. The molecular weight excluding hydrogens is 430 g/mol. The highest BCUT2D eigenvalue weighted by molar-refractivity contribution is 5.98. The van der Waals surface area contributed by atoms with Crippen LogP contribution in [-0.2, 0) is 4.79 Å². The maximum absolute atomic E-state index is 15.2. The molecule has 8 nitrogen and oxygen atoms in total. The van der Waals surface area contributed by atoms with Gasteiger partial charge in [0.1, 0.15) is 12.0 Å². The fourth-order valence-electron chi connectivity index (χ4n) is 3.84. The number of alkyl halides is 3. The summed E-state index contributed by atoms with van der Waals surface area (Å²) < 4.78 is 57.7. The Bertz CT molecular complexity index is 1360. The van der Waals surface area contributed by atoms with Gasteiger partial charge < -0.3 is 15.5 Å². The van der Waals surface area contributed by atoms with Crippen molar-refractivity contribution in [2.75, 3.05) is 5.32 Å². The van der Waals surface area contributed by atoms with E-state index >= 15 is 4.39 Å². The summed E-state index contributed by atoms with van der Waals surface area (Å²) in [6.45, 7) is 1.49. The number of amides is 1. The molecule has 32 heavy (non-hydrogen) atoms. The Balaban J connectivity index is 1.64. The third kappa shape index (κ3) is 3.18. The number of aromatic nitrogens is 5. The third-order valence-electron chi connectivity index (χ3n) is 5.49. The second-order valence-corrected chi connectivity index (χ2v) is 7.78. The molecule has 0 saturated heterocycles. The van der Waals surface area contributed by atoms with E-state index in [-0.39, 0.29) is 40.0 Å². The molecule has 0 bridgehead atoms. The Morgan fingerprint density at radius 1 is 1.31 bits per heavy atom. The maximum atomic E-state index is 15.2. The molecule has 3 atom stereocenters. The van der Waals surface area contributed by atoms with Gasteiger partial charge in [-0.05, 0) is 13.3 Å². The summed E-state index contributed by atoms with van der Waals surface area (Å²) >= 11 is 0. The van der Waals surface area contributed by atoms with Crippen molar-refractivity contribution in [1.29, 1.82) is 0 Å². The molecule has 5 rings (SSSR count). The number of nitrogens with zero attached hydrogens (tertiary/aromatic N) is 4. The third-order valence-corrected chi connectivity index (χ3v) is 5.49. The van der Waals surface area contributed by atoms with Crippen molar-refractivity contribution in [2.45, 2.75) is 32.0 Å². The van der Waals surface area contributed by atoms with Gasteiger partial charge >= 0.3 is 0 Å². The van der Waals surface area contributed by atoms with Crippen LogP contribution >= 0.6 is 0 Å². The SMILES string of the molecule is CC(N)c1c(F)c(C(F)F)c(-c2cn3cc(NC(=O)[C@@H]4C[C@@H]4F)nc3cn2)c2cn[nH]c12. The predicted molar refractivity (Wildman–Crippen MR) is 107 cm³/mol. The molecule has 4 N–H and O–H groups in total. The standard InChI is InChI=1S/C20H17F4N7O/c1-7(25)14-17(22)16(19(23)24)15(9-3-27-30-18(9)14)11-5-31-6-12(28-13(31)4-26-11)29-20(32)8-2-10(8)21/h3-8,10,19H,2,25H2,1H3,(H,27,30)(H,29,32)/t7?,8-,10+/m1/s1. The van der Waals surface area contributed by atoms with Crippen molar-refractivity contribution >= 4 is 28.3 Å². The zero-order valence-electron chi connectivity index (χ0n) is 16.6. The highest BCUT2D eigenvalue weighted by Gasteiger charge is 2.43. The first kappa shape index (κ1) is 20.4. The average Bonchev–Trinajstić information content (AvgIpc) is 3.10. The Morgan fingerprint density at radius 3 is 2.72 bits per heavy atom. The van der Waals surface area contributed by atoms with Gasteiger partial charge in [0, 0.05) is 28.8 Å². The van der Waals surface area contributed by atoms with Crippen LogP contribution in [0, 0.1) is 11.7 Å². The molecule has 1 fully saturated rings. The van der Waals surface area contributed by atoms with E-state index in [1.54, 1.807) is 0 Å². The summed E-state index contributed by atoms with van der Waals surface area (Å²) in [5, 5.41) is 9.28. The van der Waals surface area contributed by atoms with Gasteiger partial charge in [0.05, 0.1) is 41.3 Å². The topological polar surface area (TPSA) is 114 Å². The van der Waals surface area contributed by atoms with Crippen LogP contribution < -0.4 is 11.1 Å². The van der Waals surface area contributed by atoms with E-state index in [4.69, 9.17) is 5.73 Å². The molecule has 4 aromatic rings. The van der Waals surface area contributed by atoms with E-state index in [0.29, 0.717) is 5.65 Å². The number of halogens is 4. The Labute approximate surface area is 177 Å². The molecule has 1 amide bonds. The number of nitrogens with two attached hydrogens (primary N) is 1. The lowest BCUT2D eigenvalue weighted by Crippen LogP contribution is -2.15. The summed E-state index contributed by atoms with van der Waals surface area (Å²) in [6, 6.07) is -0.852. The molecule has 3 heterocycles. The number of nitrogens with one attached hydrogen (secondary N) is 2. The first-order valence-electron chi connectivity index (χ1n) is 9.78. The molecule has 1 unspecified atom stereocenters. The number of hydrogen-bond acceptors (Lipinski definition) is 5. The molecule has 0 radical (unpaired) electrons. The van der Waals surface area contributed by atoms with Gasteiger partial charge in [-0.3, -0.25) is 14.9 Å². The van der Waals surface area contributed by atoms with E-state index in [1.165, 1.54) is 36.1 Å². The highest BCUT2D eigenvalue weighted by atomic mass is 19.3. The van der Waals surface area contributed by atoms with Crippen LogP contribution in [-0.4, -0.2) is 36.6 Å². The number of H-pyrrole nitrogens is 1. The van der Waals surface area contributed by atoms with Gasteiger partial charge in [-0.15, -0.1) is 0 Å². The summed E-state index contributed by atoms with van der Waals surface area (Å²) in [5.41, 5.74) is 5.37. The van der Waals surface area contributed by atoms with Gasteiger partial charge in [0.25, 0.3) is 6.43 Å². The number of benzene rings is 1. The molecule has 0 aliphatic heterocycles. The van der Waals surface area contributed by atoms with Crippen LogP contribution in [0.3, 0.4) is 0 Å². The number of anilines is 1. The Hall–Kier alpha value is -3.54. The second kappa shape index (κ2) is 7.26. The minimum atomic E-state index is -3.14. The normalized spacial score (nSPS) is 19.1. The first-order valence-corrected chi connectivity index (χ1v) is 9.78. The number of fused-ring (bicyclic) bond motifs is 2. The van der Waals surface area contributed by atoms with Crippen molar-refractivity contribution in [1.82, 2.24) is 24.6 Å². The lowest BCUT2D eigenvalue weighted by atomic mass is 9.93. The lowest BCUT2D eigenvalue weighted by Gasteiger charge is -2.17. The number of rotatable bonds is 5. The molecular formula is C20H17F4N7O. The zero-order valence-corrected chi connectivity index (χ0v) is 16.6. The summed E-state index contributed by atoms with van der Waals surface area (Å²) in [6.07, 6.45) is 1.34. The molecule has 1 aliphatic carbocycles. The Kier molecular flexibility index (Phi) is 4.62. The molecule has 3 aromatic heterocycles. The minimum Gasteiger partial charge on any atom is -0.324 e. The van der Waals surface area contributed by atoms with Crippen LogP contribution in [0.15, 0.2) is 24.8 Å². The van der Waals surface area contributed by atoms with E-state index in [2.05, 4.69) is 25.5 Å². The zero-order chi connectivity index (χ0) is 22.7. The summed E-state index contributed by atoms with van der Waals surface area (Å²) in [4.78, 5) is 20.3. The fourth-order valence-corrected chi connectivity index (χ4v) is 3.84. The molecule has 12 heteroatoms. The van der Waals surface area contributed by atoms with E-state index in [9.17, 15) is 18.0 Å². The van der Waals surface area contributed by atoms with Crippen molar-refractivity contribution in [2.24, 2.45) is 11.7 Å². The van der Waals surface area contributed by atoms with Gasteiger partial charge in [0.2, 0.25) is 5.91 Å². The van der Waals surface area contributed by atoms with Crippen molar-refractivity contribution in [3.8, 4) is 11.3 Å². The first-order chi connectivity index (χ1) is 15.3. The van der Waals surface area contributed by atoms with Crippen molar-refractivity contribution in [3.05, 3.63) is 41.7 Å². The van der Waals surface area contributed by atoms with Crippen LogP contribution in [0.1, 0.15) is 36.9 Å². The number of hydrogen-bond donors (Lipinski definition) is 3. The van der Waals surface area contributed by atoms with Crippen LogP contribution in [0.4, 0.5) is 23.4 Å². The smallest absolute Gasteiger partial charge is 0.267 e. The molecule has 1 aromatic carbocycles. The van der Waals surface area contributed by atoms with Crippen LogP contribution in [0.2, 0.25) is 0 Å². The van der Waals surface area contributed by atoms with Crippen molar-refractivity contribution < 1.29 is 22.4 Å². The number of carbonyl (C=O) groups is 1. The summed E-state index contributed by atoms with van der Waals surface area (Å²) in [7, 11) is 0. The molecule has 0 spiro atoms. The van der Waals surface area contributed by atoms with E-state index in [0.717, 1.165) is 0 Å². The predicted octanol–water partition coefficient (Wildman–Crippen LogP) is 3.67. The lowest BCUT2D eigenvalue weighted by molar-refractivity contribution is -0.117. The number of carbonyl (C=O) groups excluding carboxylic acids is 1. The molecule has 166 valence electrons.